The molecule has 56 heavy (non-hydrogen) atoms. The van der Waals surface area contributed by atoms with E-state index in [0.717, 1.165) is 56.0 Å². The van der Waals surface area contributed by atoms with Crippen LogP contribution in [0.5, 0.6) is 11.8 Å². The number of carbonyl (C=O) groups excluding carboxylic acids is 2. The Morgan fingerprint density at radius 2 is 1.16 bits per heavy atom. The van der Waals surface area contributed by atoms with Crippen LogP contribution >= 0.6 is 0 Å². The highest BCUT2D eigenvalue weighted by molar-refractivity contribution is 5.90. The number of aryl methyl sites for hydroxylation is 1. The summed E-state index contributed by atoms with van der Waals surface area (Å²) >= 11 is 0. The van der Waals surface area contributed by atoms with Crippen LogP contribution in [-0.2, 0) is 20.7 Å². The first kappa shape index (κ1) is 46.4. The van der Waals surface area contributed by atoms with Gasteiger partial charge < -0.3 is 25.2 Å². The van der Waals surface area contributed by atoms with Crippen molar-refractivity contribution < 1.29 is 24.5 Å². The van der Waals surface area contributed by atoms with Gasteiger partial charge in [-0.05, 0) is 66.2 Å². The summed E-state index contributed by atoms with van der Waals surface area (Å²) < 4.78 is 8.33. The molecule has 1 aromatic rings. The summed E-state index contributed by atoms with van der Waals surface area (Å²) in [5.41, 5.74) is 1.12. The Kier molecular flexibility index (Phi) is 18.9. The Labute approximate surface area is 341 Å². The lowest BCUT2D eigenvalue weighted by molar-refractivity contribution is -0.176. The number of aromatic hydroxyl groups is 2. The summed E-state index contributed by atoms with van der Waals surface area (Å²) in [6.45, 7) is 11.1. The molecule has 1 saturated carbocycles. The van der Waals surface area contributed by atoms with Crippen LogP contribution in [0.4, 0.5) is 0 Å². The molecule has 4 rings (SSSR count). The third kappa shape index (κ3) is 14.2. The summed E-state index contributed by atoms with van der Waals surface area (Å²) in [5.74, 6) is -0.654. The average Bonchev–Trinajstić information content (AvgIpc) is 3.50. The molecule has 322 valence electrons. The Balaban J connectivity index is 1.26. The molecule has 0 radical (unpaired) electrons. The summed E-state index contributed by atoms with van der Waals surface area (Å²) in [4.78, 5) is 30.2. The van der Waals surface area contributed by atoms with E-state index in [-0.39, 0.29) is 47.6 Å². The molecule has 0 bridgehead atoms. The van der Waals surface area contributed by atoms with Gasteiger partial charge in [0.1, 0.15) is 5.72 Å². The topological polar surface area (TPSA) is 116 Å². The molecule has 3 heterocycles. The second-order valence-electron chi connectivity index (χ2n) is 19.5. The molecule has 3 fully saturated rings. The molecule has 3 aliphatic rings. The quantitative estimate of drug-likeness (QED) is 0.0923. The lowest BCUT2D eigenvalue weighted by atomic mass is 9.72. The van der Waals surface area contributed by atoms with Gasteiger partial charge in [0.2, 0.25) is 17.7 Å². The van der Waals surface area contributed by atoms with Crippen LogP contribution in [-0.4, -0.2) is 60.6 Å². The van der Waals surface area contributed by atoms with Crippen LogP contribution in [0.3, 0.4) is 0 Å². The molecule has 2 amide bonds. The predicted molar refractivity (Wildman–Crippen MR) is 230 cm³/mol. The molecule has 0 aromatic carbocycles. The third-order valence-electron chi connectivity index (χ3n) is 12.9. The van der Waals surface area contributed by atoms with Gasteiger partial charge in [0.25, 0.3) is 5.91 Å². The van der Waals surface area contributed by atoms with E-state index in [4.69, 9.17) is 4.74 Å². The molecule has 1 aliphatic carbocycles. The van der Waals surface area contributed by atoms with Gasteiger partial charge in [-0.2, -0.15) is 4.68 Å². The zero-order valence-corrected chi connectivity index (χ0v) is 36.7. The van der Waals surface area contributed by atoms with Crippen molar-refractivity contribution in [2.24, 2.45) is 0 Å². The maximum atomic E-state index is 14.7. The van der Waals surface area contributed by atoms with Crippen LogP contribution < -0.4 is 10.7 Å². The van der Waals surface area contributed by atoms with Gasteiger partial charge in [-0.1, -0.05) is 148 Å². The largest absolute Gasteiger partial charge is 0.493 e. The summed E-state index contributed by atoms with van der Waals surface area (Å²) in [6, 6.07) is 1.56. The zero-order valence-electron chi connectivity index (χ0n) is 36.7. The minimum Gasteiger partial charge on any atom is -0.493 e. The van der Waals surface area contributed by atoms with Gasteiger partial charge in [-0.15, -0.1) is 0 Å². The van der Waals surface area contributed by atoms with E-state index < -0.39 is 11.3 Å². The van der Waals surface area contributed by atoms with E-state index in [1.807, 2.05) is 4.90 Å². The number of nitrogens with zero attached hydrogens (tertiary/aromatic N) is 2. The Hall–Kier alpha value is -2.26. The first-order chi connectivity index (χ1) is 26.8. The molecule has 2 spiro atoms. The number of carbonyl (C=O) groups is 2. The summed E-state index contributed by atoms with van der Waals surface area (Å²) in [7, 11) is 0. The highest BCUT2D eigenvalue weighted by Gasteiger charge is 2.64. The fourth-order valence-electron chi connectivity index (χ4n) is 10.5. The van der Waals surface area contributed by atoms with Crippen molar-refractivity contribution in [3.63, 3.8) is 0 Å². The van der Waals surface area contributed by atoms with Crippen molar-refractivity contribution in [1.82, 2.24) is 14.9 Å². The number of aromatic nitrogens is 1. The molecule has 9 heteroatoms. The van der Waals surface area contributed by atoms with Crippen LogP contribution in [0.15, 0.2) is 6.07 Å². The lowest BCUT2D eigenvalue weighted by Crippen LogP contribution is -2.65. The highest BCUT2D eigenvalue weighted by Crippen LogP contribution is 2.51. The minimum atomic E-state index is -0.940. The standard InChI is InChI=1S/C47H84N4O5/c1-6-7-8-9-10-11-12-13-14-15-16-17-19-22-25-28-31-39-36-41(53)51(42(39)54)48-40(52)32-35-50-43(55)46(37-44(2,3)49-45(4,5)38-46)56-47(50)33-29-26-23-20-18-21-24-27-30-34-47/h36,49,53-54H,6-35,37-38H2,1-5H3,(H,48,52). The average molecular weight is 785 g/mol. The maximum absolute atomic E-state index is 14.7. The predicted octanol–water partition coefficient (Wildman–Crippen LogP) is 11.7. The lowest BCUT2D eigenvalue weighted by Gasteiger charge is -2.50. The van der Waals surface area contributed by atoms with Crippen molar-refractivity contribution in [3.05, 3.63) is 11.6 Å². The van der Waals surface area contributed by atoms with Crippen LogP contribution in [0, 0.1) is 0 Å². The molecule has 2 saturated heterocycles. The first-order valence-electron chi connectivity index (χ1n) is 23.6. The highest BCUT2D eigenvalue weighted by atomic mass is 16.6. The number of hydrogen-bond donors (Lipinski definition) is 4. The summed E-state index contributed by atoms with van der Waals surface area (Å²) in [5, 5.41) is 25.5. The van der Waals surface area contributed by atoms with Crippen molar-refractivity contribution in [2.75, 3.05) is 12.0 Å². The smallest absolute Gasteiger partial charge is 0.257 e. The Morgan fingerprint density at radius 1 is 0.714 bits per heavy atom. The maximum Gasteiger partial charge on any atom is 0.257 e. The fraction of sp³-hybridized carbons (Fsp3) is 0.872. The van der Waals surface area contributed by atoms with E-state index in [1.165, 1.54) is 122 Å². The number of hydrogen-bond acceptors (Lipinski definition) is 6. The second kappa shape index (κ2) is 22.8. The first-order valence-corrected chi connectivity index (χ1v) is 23.6. The number of unbranched alkanes of at least 4 members (excludes halogenated alkanes) is 15. The minimum absolute atomic E-state index is 0.00721. The number of nitrogens with one attached hydrogen (secondary N) is 2. The fourth-order valence-corrected chi connectivity index (χ4v) is 10.5. The Bertz CT molecular complexity index is 1290. The molecule has 2 aliphatic heterocycles. The van der Waals surface area contributed by atoms with Gasteiger partial charge in [0.05, 0.1) is 0 Å². The number of amides is 2. The Morgan fingerprint density at radius 3 is 1.64 bits per heavy atom. The van der Waals surface area contributed by atoms with Gasteiger partial charge >= 0.3 is 0 Å². The van der Waals surface area contributed by atoms with Crippen LogP contribution in [0.25, 0.3) is 0 Å². The molecule has 9 nitrogen and oxygen atoms in total. The number of piperidine rings is 1. The molecule has 1 aromatic heterocycles. The normalized spacial score (nSPS) is 20.9. The molecule has 0 atom stereocenters. The number of rotatable bonds is 21. The van der Waals surface area contributed by atoms with Crippen LogP contribution in [0.2, 0.25) is 0 Å². The number of ether oxygens (including phenoxy) is 1. The molecule has 4 N–H and O–H groups in total. The van der Waals surface area contributed by atoms with Gasteiger partial charge in [-0.3, -0.25) is 15.0 Å². The monoisotopic (exact) mass is 785 g/mol. The van der Waals surface area contributed by atoms with Crippen molar-refractivity contribution in [3.8, 4) is 11.8 Å². The molecular weight excluding hydrogens is 701 g/mol. The molecule has 0 unspecified atom stereocenters. The van der Waals surface area contributed by atoms with Crippen molar-refractivity contribution in [1.29, 1.82) is 0 Å². The van der Waals surface area contributed by atoms with Crippen molar-refractivity contribution in [2.45, 2.75) is 256 Å². The van der Waals surface area contributed by atoms with E-state index in [0.29, 0.717) is 24.8 Å². The van der Waals surface area contributed by atoms with E-state index in [9.17, 15) is 19.8 Å². The van der Waals surface area contributed by atoms with Gasteiger partial charge in [-0.25, -0.2) is 0 Å². The van der Waals surface area contributed by atoms with Crippen molar-refractivity contribution >= 4 is 11.8 Å². The summed E-state index contributed by atoms with van der Waals surface area (Å²) in [6.07, 6.45) is 34.7. The third-order valence-corrected chi connectivity index (χ3v) is 12.9. The van der Waals surface area contributed by atoms with Crippen LogP contribution in [0.1, 0.15) is 233 Å². The SMILES string of the molecule is CCCCCCCCCCCCCCCCCCc1cc(O)n(NC(=O)CCN2C(=O)C3(CC(C)(C)NC(C)(C)C3)OC23CCCCCCCCCCC3)c1O. The van der Waals surface area contributed by atoms with E-state index in [2.05, 4.69) is 45.4 Å². The van der Waals surface area contributed by atoms with E-state index in [1.54, 1.807) is 6.07 Å². The van der Waals surface area contributed by atoms with Gasteiger partial charge in [0.15, 0.2) is 5.60 Å². The zero-order chi connectivity index (χ0) is 40.5. The van der Waals surface area contributed by atoms with Gasteiger partial charge in [0, 0.05) is 48.5 Å². The molecular formula is C47H84N4O5. The van der Waals surface area contributed by atoms with E-state index >= 15 is 0 Å². The second-order valence-corrected chi connectivity index (χ2v) is 19.5.